The summed E-state index contributed by atoms with van der Waals surface area (Å²) in [5.74, 6) is -0.508. The van der Waals surface area contributed by atoms with Crippen LogP contribution in [0.4, 0.5) is 0 Å². The third kappa shape index (κ3) is 2.63. The number of aliphatic hydroxyl groups is 1. The lowest BCUT2D eigenvalue weighted by atomic mass is 9.79. The van der Waals surface area contributed by atoms with E-state index in [0.717, 1.165) is 0 Å². The molecule has 1 aromatic rings. The second-order valence-corrected chi connectivity index (χ2v) is 5.15. The Morgan fingerprint density at radius 2 is 2.00 bits per heavy atom. The molecule has 0 heterocycles. The molecule has 3 atom stereocenters. The fourth-order valence-electron chi connectivity index (χ4n) is 2.48. The van der Waals surface area contributed by atoms with E-state index in [1.165, 1.54) is 7.11 Å². The number of allylic oxidation sites excluding steroid dienone is 1. The SMILES string of the molecule is COC1(C(=O)C(O)c2ccccc2)C=C(C)C(N)=CC1N. The summed E-state index contributed by atoms with van der Waals surface area (Å²) in [5, 5.41) is 10.3. The van der Waals surface area contributed by atoms with Crippen molar-refractivity contribution in [1.82, 2.24) is 0 Å². The Hall–Kier alpha value is -1.95. The van der Waals surface area contributed by atoms with Crippen LogP contribution in [0.15, 0.2) is 53.8 Å². The van der Waals surface area contributed by atoms with Crippen LogP contribution in [0.3, 0.4) is 0 Å². The summed E-state index contributed by atoms with van der Waals surface area (Å²) in [6.45, 7) is 1.77. The summed E-state index contributed by atoms with van der Waals surface area (Å²) in [6, 6.07) is 7.93. The predicted molar refractivity (Wildman–Crippen MR) is 80.2 cm³/mol. The first-order valence-electron chi connectivity index (χ1n) is 6.67. The van der Waals surface area contributed by atoms with Gasteiger partial charge in [-0.2, -0.15) is 0 Å². The van der Waals surface area contributed by atoms with Crippen LogP contribution in [0.5, 0.6) is 0 Å². The van der Waals surface area contributed by atoms with Crippen LogP contribution in [0.1, 0.15) is 18.6 Å². The maximum absolute atomic E-state index is 12.7. The van der Waals surface area contributed by atoms with E-state index in [1.807, 2.05) is 6.07 Å². The smallest absolute Gasteiger partial charge is 0.203 e. The number of aliphatic hydroxyl groups excluding tert-OH is 1. The Labute approximate surface area is 123 Å². The molecule has 0 saturated heterocycles. The van der Waals surface area contributed by atoms with Crippen LogP contribution in [0.25, 0.3) is 0 Å². The van der Waals surface area contributed by atoms with E-state index in [-0.39, 0.29) is 0 Å². The maximum Gasteiger partial charge on any atom is 0.203 e. The zero-order chi connectivity index (χ0) is 15.6. The standard InChI is InChI=1S/C16H20N2O3/c1-10-9-16(21-2,13(18)8-12(10)17)15(20)14(19)11-6-4-3-5-7-11/h3-9,13-14,19H,17-18H2,1-2H3. The highest BCUT2D eigenvalue weighted by Gasteiger charge is 2.46. The molecule has 0 aliphatic heterocycles. The van der Waals surface area contributed by atoms with Crippen LogP contribution in [-0.4, -0.2) is 29.6 Å². The normalized spacial score (nSPS) is 26.8. The second kappa shape index (κ2) is 5.81. The van der Waals surface area contributed by atoms with E-state index in [9.17, 15) is 9.90 Å². The van der Waals surface area contributed by atoms with Crippen molar-refractivity contribution >= 4 is 5.78 Å². The molecule has 0 saturated carbocycles. The van der Waals surface area contributed by atoms with Crippen molar-refractivity contribution in [2.24, 2.45) is 11.5 Å². The van der Waals surface area contributed by atoms with Gasteiger partial charge in [0.05, 0.1) is 6.04 Å². The summed E-state index contributed by atoms with van der Waals surface area (Å²) in [4.78, 5) is 12.7. The van der Waals surface area contributed by atoms with Gasteiger partial charge in [0.2, 0.25) is 5.78 Å². The van der Waals surface area contributed by atoms with Gasteiger partial charge in [0.15, 0.2) is 5.60 Å². The zero-order valence-corrected chi connectivity index (χ0v) is 12.1. The molecule has 1 aliphatic rings. The molecule has 2 rings (SSSR count). The monoisotopic (exact) mass is 288 g/mol. The first kappa shape index (κ1) is 15.4. The van der Waals surface area contributed by atoms with Gasteiger partial charge in [-0.3, -0.25) is 4.79 Å². The molecule has 21 heavy (non-hydrogen) atoms. The highest BCUT2D eigenvalue weighted by atomic mass is 16.5. The first-order valence-corrected chi connectivity index (χ1v) is 6.67. The van der Waals surface area contributed by atoms with Crippen molar-refractivity contribution in [3.8, 4) is 0 Å². The molecular formula is C16H20N2O3. The Morgan fingerprint density at radius 1 is 1.38 bits per heavy atom. The number of carbonyl (C=O) groups excluding carboxylic acids is 1. The fourth-order valence-corrected chi connectivity index (χ4v) is 2.48. The van der Waals surface area contributed by atoms with Crippen molar-refractivity contribution < 1.29 is 14.6 Å². The van der Waals surface area contributed by atoms with Crippen LogP contribution < -0.4 is 11.5 Å². The molecule has 5 heteroatoms. The minimum atomic E-state index is -1.41. The van der Waals surface area contributed by atoms with E-state index in [0.29, 0.717) is 16.8 Å². The van der Waals surface area contributed by atoms with Gasteiger partial charge in [-0.15, -0.1) is 0 Å². The van der Waals surface area contributed by atoms with Gasteiger partial charge in [0.25, 0.3) is 0 Å². The lowest BCUT2D eigenvalue weighted by molar-refractivity contribution is -0.146. The quantitative estimate of drug-likeness (QED) is 0.761. The molecular weight excluding hydrogens is 268 g/mol. The van der Waals surface area contributed by atoms with Crippen molar-refractivity contribution in [2.45, 2.75) is 24.7 Å². The van der Waals surface area contributed by atoms with Crippen molar-refractivity contribution in [2.75, 3.05) is 7.11 Å². The highest BCUT2D eigenvalue weighted by Crippen LogP contribution is 2.32. The molecule has 0 aromatic heterocycles. The fraction of sp³-hybridized carbons (Fsp3) is 0.312. The van der Waals surface area contributed by atoms with Crippen LogP contribution in [-0.2, 0) is 9.53 Å². The number of benzene rings is 1. The predicted octanol–water partition coefficient (Wildman–Crippen LogP) is 0.804. The van der Waals surface area contributed by atoms with E-state index >= 15 is 0 Å². The average molecular weight is 288 g/mol. The Bertz CT molecular complexity index is 595. The van der Waals surface area contributed by atoms with Gasteiger partial charge in [-0.05, 0) is 30.2 Å². The lowest BCUT2D eigenvalue weighted by Gasteiger charge is -2.37. The zero-order valence-electron chi connectivity index (χ0n) is 12.1. The summed E-state index contributed by atoms with van der Waals surface area (Å²) in [5.41, 5.74) is 12.1. The molecule has 0 radical (unpaired) electrons. The van der Waals surface area contributed by atoms with Gasteiger partial charge >= 0.3 is 0 Å². The molecule has 0 amide bonds. The van der Waals surface area contributed by atoms with Gasteiger partial charge in [0, 0.05) is 12.8 Å². The molecule has 112 valence electrons. The second-order valence-electron chi connectivity index (χ2n) is 5.15. The molecule has 5 nitrogen and oxygen atoms in total. The lowest BCUT2D eigenvalue weighted by Crippen LogP contribution is -2.56. The molecule has 0 spiro atoms. The van der Waals surface area contributed by atoms with Gasteiger partial charge in [-0.25, -0.2) is 0 Å². The van der Waals surface area contributed by atoms with Crippen LogP contribution in [0.2, 0.25) is 0 Å². The number of carbonyl (C=O) groups is 1. The Kier molecular flexibility index (Phi) is 4.27. The molecule has 0 fully saturated rings. The minimum Gasteiger partial charge on any atom is -0.399 e. The number of nitrogens with two attached hydrogens (primary N) is 2. The van der Waals surface area contributed by atoms with E-state index in [4.69, 9.17) is 16.2 Å². The summed E-state index contributed by atoms with van der Waals surface area (Å²) < 4.78 is 5.40. The van der Waals surface area contributed by atoms with E-state index in [1.54, 1.807) is 43.3 Å². The van der Waals surface area contributed by atoms with Crippen LogP contribution in [0, 0.1) is 0 Å². The highest BCUT2D eigenvalue weighted by molar-refractivity contribution is 5.95. The molecule has 1 aliphatic carbocycles. The molecule has 1 aromatic carbocycles. The van der Waals surface area contributed by atoms with Crippen molar-refractivity contribution in [1.29, 1.82) is 0 Å². The average Bonchev–Trinajstić information content (AvgIpc) is 2.50. The van der Waals surface area contributed by atoms with E-state index in [2.05, 4.69) is 0 Å². The number of ketones is 1. The van der Waals surface area contributed by atoms with Gasteiger partial charge in [0.1, 0.15) is 6.10 Å². The Morgan fingerprint density at radius 3 is 2.57 bits per heavy atom. The molecule has 5 N–H and O–H groups in total. The topological polar surface area (TPSA) is 98.6 Å². The largest absolute Gasteiger partial charge is 0.399 e. The van der Waals surface area contributed by atoms with Crippen LogP contribution >= 0.6 is 0 Å². The summed E-state index contributed by atoms with van der Waals surface area (Å²) in [7, 11) is 1.40. The molecule has 3 unspecified atom stereocenters. The van der Waals surface area contributed by atoms with Gasteiger partial charge < -0.3 is 21.3 Å². The number of hydrogen-bond donors (Lipinski definition) is 3. The van der Waals surface area contributed by atoms with Gasteiger partial charge in [-0.1, -0.05) is 30.3 Å². The molecule has 0 bridgehead atoms. The number of methoxy groups -OCH3 is 1. The summed E-state index contributed by atoms with van der Waals surface area (Å²) in [6.07, 6.45) is 1.85. The third-order valence-electron chi connectivity index (χ3n) is 3.83. The maximum atomic E-state index is 12.7. The van der Waals surface area contributed by atoms with Crippen molar-refractivity contribution in [3.63, 3.8) is 0 Å². The minimum absolute atomic E-state index is 0.500. The third-order valence-corrected chi connectivity index (χ3v) is 3.83. The number of rotatable bonds is 4. The summed E-state index contributed by atoms with van der Waals surface area (Å²) >= 11 is 0. The van der Waals surface area contributed by atoms with Crippen molar-refractivity contribution in [3.05, 3.63) is 59.3 Å². The number of Topliss-reactive ketones (excluding diaryl/α,β-unsaturated/α-hetero) is 1. The number of ether oxygens (including phenoxy) is 1. The first-order chi connectivity index (χ1) is 9.92. The van der Waals surface area contributed by atoms with E-state index < -0.39 is 23.5 Å². The Balaban J connectivity index is 2.40. The number of hydrogen-bond acceptors (Lipinski definition) is 5.